The Morgan fingerprint density at radius 2 is 1.18 bits per heavy atom. The number of nitrogens with two attached hydrogens (primary N) is 1. The molecule has 1 rings (SSSR count). The molecule has 0 unspecified atom stereocenters. The number of benzene rings is 1. The van der Waals surface area contributed by atoms with Gasteiger partial charge in [0, 0.05) is 16.9 Å². The molecular weight excluding hydrogens is 302 g/mol. The van der Waals surface area contributed by atoms with Crippen LogP contribution in [-0.4, -0.2) is 45.3 Å². The first-order valence-corrected chi connectivity index (χ1v) is 5.24. The molecule has 0 aliphatic heterocycles. The van der Waals surface area contributed by atoms with Crippen molar-refractivity contribution in [2.75, 3.05) is 10.6 Å². The SMILES string of the molecule is NC(=O)c1cc(NC(=O)C(=O)O)cc(NC(=O)C(=O)O)c1.O. The van der Waals surface area contributed by atoms with Gasteiger partial charge in [0.2, 0.25) is 5.91 Å². The van der Waals surface area contributed by atoms with Gasteiger partial charge < -0.3 is 32.1 Å². The number of aliphatic carboxylic acids is 2. The highest BCUT2D eigenvalue weighted by Crippen LogP contribution is 2.19. The van der Waals surface area contributed by atoms with Crippen molar-refractivity contribution in [3.63, 3.8) is 0 Å². The highest BCUT2D eigenvalue weighted by molar-refractivity contribution is 6.37. The smallest absolute Gasteiger partial charge is 0.394 e. The molecule has 0 heterocycles. The highest BCUT2D eigenvalue weighted by Gasteiger charge is 2.16. The Hall–Kier alpha value is -3.47. The molecule has 1 aromatic carbocycles. The summed E-state index contributed by atoms with van der Waals surface area (Å²) < 4.78 is 0. The summed E-state index contributed by atoms with van der Waals surface area (Å²) in [6.45, 7) is 0. The lowest BCUT2D eigenvalue weighted by molar-refractivity contribution is -0.147. The average Bonchev–Trinajstić information content (AvgIpc) is 2.37. The molecule has 0 saturated carbocycles. The Labute approximate surface area is 122 Å². The normalized spacial score (nSPS) is 9.09. The van der Waals surface area contributed by atoms with Crippen molar-refractivity contribution < 1.29 is 39.7 Å². The Balaban J connectivity index is 0.00000441. The van der Waals surface area contributed by atoms with E-state index >= 15 is 0 Å². The van der Waals surface area contributed by atoms with Crippen molar-refractivity contribution >= 4 is 41.0 Å². The van der Waals surface area contributed by atoms with Crippen LogP contribution in [0.15, 0.2) is 18.2 Å². The summed E-state index contributed by atoms with van der Waals surface area (Å²) in [5.41, 5.74) is 4.56. The van der Waals surface area contributed by atoms with Gasteiger partial charge in [-0.25, -0.2) is 9.59 Å². The summed E-state index contributed by atoms with van der Waals surface area (Å²) >= 11 is 0. The van der Waals surface area contributed by atoms with Gasteiger partial charge in [-0.2, -0.15) is 0 Å². The summed E-state index contributed by atoms with van der Waals surface area (Å²) in [4.78, 5) is 54.0. The summed E-state index contributed by atoms with van der Waals surface area (Å²) in [7, 11) is 0. The number of hydrogen-bond donors (Lipinski definition) is 5. The van der Waals surface area contributed by atoms with E-state index in [4.69, 9.17) is 15.9 Å². The molecule has 22 heavy (non-hydrogen) atoms. The summed E-state index contributed by atoms with van der Waals surface area (Å²) in [6.07, 6.45) is 0. The number of carboxylic acids is 2. The summed E-state index contributed by atoms with van der Waals surface area (Å²) in [5, 5.41) is 20.8. The van der Waals surface area contributed by atoms with Crippen molar-refractivity contribution in [2.45, 2.75) is 0 Å². The summed E-state index contributed by atoms with van der Waals surface area (Å²) in [5.74, 6) is -7.22. The van der Waals surface area contributed by atoms with Crippen molar-refractivity contribution in [1.29, 1.82) is 0 Å². The van der Waals surface area contributed by atoms with Crippen LogP contribution in [0.5, 0.6) is 0 Å². The van der Waals surface area contributed by atoms with Gasteiger partial charge in [0.25, 0.3) is 0 Å². The van der Waals surface area contributed by atoms with E-state index in [2.05, 4.69) is 0 Å². The molecule has 0 spiro atoms. The third kappa shape index (κ3) is 4.90. The van der Waals surface area contributed by atoms with Gasteiger partial charge >= 0.3 is 23.8 Å². The van der Waals surface area contributed by atoms with Gasteiger partial charge in [-0.3, -0.25) is 14.4 Å². The van der Waals surface area contributed by atoms with Gasteiger partial charge in [-0.1, -0.05) is 0 Å². The molecule has 0 aromatic heterocycles. The van der Waals surface area contributed by atoms with Crippen molar-refractivity contribution in [3.8, 4) is 0 Å². The number of primary amides is 1. The molecule has 118 valence electrons. The first kappa shape index (κ1) is 18.5. The number of anilines is 2. The maximum Gasteiger partial charge on any atom is 0.394 e. The average molecular weight is 313 g/mol. The van der Waals surface area contributed by atoms with E-state index in [-0.39, 0.29) is 22.4 Å². The van der Waals surface area contributed by atoms with Crippen LogP contribution in [0.2, 0.25) is 0 Å². The van der Waals surface area contributed by atoms with Crippen LogP contribution in [-0.2, 0) is 19.2 Å². The highest BCUT2D eigenvalue weighted by atomic mass is 16.4. The van der Waals surface area contributed by atoms with Gasteiger partial charge in [-0.05, 0) is 18.2 Å². The number of nitrogens with one attached hydrogen (secondary N) is 2. The number of carbonyl (C=O) groups excluding carboxylic acids is 3. The first-order valence-electron chi connectivity index (χ1n) is 5.24. The van der Waals surface area contributed by atoms with E-state index in [0.29, 0.717) is 0 Å². The van der Waals surface area contributed by atoms with Gasteiger partial charge in [-0.15, -0.1) is 0 Å². The lowest BCUT2D eigenvalue weighted by Crippen LogP contribution is -2.24. The largest absolute Gasteiger partial charge is 0.474 e. The van der Waals surface area contributed by atoms with Crippen molar-refractivity contribution in [2.24, 2.45) is 5.73 Å². The van der Waals surface area contributed by atoms with E-state index < -0.39 is 29.7 Å². The Morgan fingerprint density at radius 1 is 0.818 bits per heavy atom. The zero-order chi connectivity index (χ0) is 16.2. The minimum atomic E-state index is -1.77. The number of carbonyl (C=O) groups is 5. The van der Waals surface area contributed by atoms with Crippen LogP contribution >= 0.6 is 0 Å². The van der Waals surface area contributed by atoms with E-state index in [9.17, 15) is 24.0 Å². The number of carboxylic acid groups (broad SMARTS) is 2. The minimum Gasteiger partial charge on any atom is -0.474 e. The Morgan fingerprint density at radius 3 is 1.45 bits per heavy atom. The maximum absolute atomic E-state index is 11.1. The molecule has 0 radical (unpaired) electrons. The topological polar surface area (TPSA) is 207 Å². The van der Waals surface area contributed by atoms with E-state index in [0.717, 1.165) is 18.2 Å². The van der Waals surface area contributed by atoms with Crippen molar-refractivity contribution in [1.82, 2.24) is 0 Å². The zero-order valence-corrected chi connectivity index (χ0v) is 10.7. The third-order valence-electron chi connectivity index (χ3n) is 2.12. The summed E-state index contributed by atoms with van der Waals surface area (Å²) in [6, 6.07) is 3.20. The molecule has 0 bridgehead atoms. The molecule has 11 nitrogen and oxygen atoms in total. The van der Waals surface area contributed by atoms with E-state index in [1.807, 2.05) is 10.6 Å². The second-order valence-electron chi connectivity index (χ2n) is 3.68. The molecule has 0 atom stereocenters. The predicted octanol–water partition coefficient (Wildman–Crippen LogP) is -1.99. The molecule has 3 amide bonds. The van der Waals surface area contributed by atoms with E-state index in [1.54, 1.807) is 0 Å². The molecule has 0 saturated heterocycles. The third-order valence-corrected chi connectivity index (χ3v) is 2.12. The quantitative estimate of drug-likeness (QED) is 0.396. The monoisotopic (exact) mass is 313 g/mol. The maximum atomic E-state index is 11.1. The number of amides is 3. The van der Waals surface area contributed by atoms with Crippen LogP contribution in [0.1, 0.15) is 10.4 Å². The molecule has 1 aromatic rings. The fourth-order valence-corrected chi connectivity index (χ4v) is 1.28. The Kier molecular flexibility index (Phi) is 6.19. The zero-order valence-electron chi connectivity index (χ0n) is 10.7. The second-order valence-corrected chi connectivity index (χ2v) is 3.68. The van der Waals surface area contributed by atoms with Gasteiger partial charge in [0.1, 0.15) is 0 Å². The minimum absolute atomic E-state index is 0. The van der Waals surface area contributed by atoms with Crippen LogP contribution < -0.4 is 16.4 Å². The number of hydrogen-bond acceptors (Lipinski definition) is 5. The van der Waals surface area contributed by atoms with Crippen LogP contribution in [0, 0.1) is 0 Å². The standard InChI is InChI=1S/C11H9N3O7.H2O/c12-7(15)4-1-5(13-8(16)10(18)19)3-6(2-4)14-9(17)11(20)21;/h1-3H,(H2,12,15)(H,13,16)(H,14,17)(H,18,19)(H,20,21);1H2. The fraction of sp³-hybridized carbons (Fsp3) is 0. The first-order chi connectivity index (χ1) is 9.70. The molecular formula is C11H11N3O8. The Bertz CT molecular complexity index is 608. The molecule has 8 N–H and O–H groups in total. The molecule has 0 aliphatic rings. The fourth-order valence-electron chi connectivity index (χ4n) is 1.28. The van der Waals surface area contributed by atoms with Crippen LogP contribution in [0.3, 0.4) is 0 Å². The van der Waals surface area contributed by atoms with Crippen molar-refractivity contribution in [3.05, 3.63) is 23.8 Å². The van der Waals surface area contributed by atoms with Crippen LogP contribution in [0.25, 0.3) is 0 Å². The lowest BCUT2D eigenvalue weighted by Gasteiger charge is -2.08. The second kappa shape index (κ2) is 7.35. The predicted molar refractivity (Wildman–Crippen MR) is 71.1 cm³/mol. The molecule has 11 heteroatoms. The van der Waals surface area contributed by atoms with Gasteiger partial charge in [0.05, 0.1) is 0 Å². The van der Waals surface area contributed by atoms with E-state index in [1.165, 1.54) is 0 Å². The van der Waals surface area contributed by atoms with Crippen LogP contribution in [0.4, 0.5) is 11.4 Å². The number of rotatable bonds is 3. The van der Waals surface area contributed by atoms with Gasteiger partial charge in [0.15, 0.2) is 0 Å². The molecule has 0 fully saturated rings. The lowest BCUT2D eigenvalue weighted by atomic mass is 10.1. The molecule has 0 aliphatic carbocycles.